The van der Waals surface area contributed by atoms with Crippen molar-refractivity contribution in [2.75, 3.05) is 46.1 Å². The SMILES string of the molecule is CC1OC(COC2OC(CO)C(O)C(OC3CN([C@@H](CO)c4ccccc4)CC(CO)O3)C2O)C(O)C(OC2OC(CO)C(O)C(O)C2O)C1O. The van der Waals surface area contributed by atoms with E-state index in [-0.39, 0.29) is 26.3 Å². The third-order valence-electron chi connectivity index (χ3n) is 9.79. The molecule has 11 N–H and O–H groups in total. The third-order valence-corrected chi connectivity index (χ3v) is 9.79. The summed E-state index contributed by atoms with van der Waals surface area (Å²) in [7, 11) is 0. The molecule has 0 radical (unpaired) electrons. The first-order valence-corrected chi connectivity index (χ1v) is 17.0. The van der Waals surface area contributed by atoms with Crippen molar-refractivity contribution in [1.82, 2.24) is 4.90 Å². The smallest absolute Gasteiger partial charge is 0.187 e. The molecule has 19 heteroatoms. The van der Waals surface area contributed by atoms with Crippen LogP contribution in [0.1, 0.15) is 18.5 Å². The second-order valence-electron chi connectivity index (χ2n) is 13.2. The maximum atomic E-state index is 11.3. The molecule has 4 saturated heterocycles. The molecule has 0 aliphatic carbocycles. The Morgan fingerprint density at radius 1 is 0.647 bits per heavy atom. The van der Waals surface area contributed by atoms with Crippen molar-refractivity contribution in [2.24, 2.45) is 0 Å². The van der Waals surface area contributed by atoms with Gasteiger partial charge in [-0.05, 0) is 12.5 Å². The van der Waals surface area contributed by atoms with Gasteiger partial charge in [0, 0.05) is 6.54 Å². The van der Waals surface area contributed by atoms with E-state index in [9.17, 15) is 56.2 Å². The van der Waals surface area contributed by atoms with Crippen LogP contribution in [-0.4, -0.2) is 212 Å². The zero-order valence-electron chi connectivity index (χ0n) is 28.0. The second kappa shape index (κ2) is 18.2. The number of ether oxygens (including phenoxy) is 7. The lowest BCUT2D eigenvalue weighted by molar-refractivity contribution is -0.352. The molecular weight excluding hydrogens is 686 g/mol. The lowest BCUT2D eigenvalue weighted by Gasteiger charge is -2.47. The van der Waals surface area contributed by atoms with Crippen LogP contribution in [0.5, 0.6) is 0 Å². The highest BCUT2D eigenvalue weighted by Crippen LogP contribution is 2.32. The Morgan fingerprint density at radius 3 is 1.92 bits per heavy atom. The molecule has 5 rings (SSSR count). The van der Waals surface area contributed by atoms with Crippen LogP contribution in [-0.2, 0) is 33.2 Å². The molecule has 19 nitrogen and oxygen atoms in total. The van der Waals surface area contributed by atoms with E-state index < -0.39 is 130 Å². The molecule has 0 saturated carbocycles. The minimum atomic E-state index is -1.81. The topological polar surface area (TPSA) is 290 Å². The van der Waals surface area contributed by atoms with Gasteiger partial charge in [-0.25, -0.2) is 0 Å². The van der Waals surface area contributed by atoms with Gasteiger partial charge in [0.15, 0.2) is 18.9 Å². The third kappa shape index (κ3) is 9.06. The Balaban J connectivity index is 1.25. The molecule has 4 aliphatic rings. The normalized spacial score (nSPS) is 44.7. The molecule has 1 aromatic rings. The number of hydrogen-bond acceptors (Lipinski definition) is 19. The van der Waals surface area contributed by atoms with Crippen molar-refractivity contribution in [3.05, 3.63) is 35.9 Å². The van der Waals surface area contributed by atoms with Crippen LogP contribution in [0.2, 0.25) is 0 Å². The molecule has 1 aromatic carbocycles. The lowest BCUT2D eigenvalue weighted by atomic mass is 9.94. The first-order valence-electron chi connectivity index (χ1n) is 17.0. The van der Waals surface area contributed by atoms with Crippen LogP contribution in [0.4, 0.5) is 0 Å². The fourth-order valence-corrected chi connectivity index (χ4v) is 6.83. The van der Waals surface area contributed by atoms with E-state index in [4.69, 9.17) is 33.2 Å². The number of morpholine rings is 1. The number of hydrogen-bond donors (Lipinski definition) is 11. The van der Waals surface area contributed by atoms with E-state index in [0.717, 1.165) is 5.56 Å². The van der Waals surface area contributed by atoms with Crippen LogP contribution < -0.4 is 0 Å². The number of aliphatic hydroxyl groups excluding tert-OH is 11. The molecule has 0 bridgehead atoms. The highest BCUT2D eigenvalue weighted by molar-refractivity contribution is 5.19. The predicted octanol–water partition coefficient (Wildman–Crippen LogP) is -5.73. The number of benzene rings is 1. The van der Waals surface area contributed by atoms with Gasteiger partial charge in [-0.1, -0.05) is 30.3 Å². The zero-order valence-corrected chi connectivity index (χ0v) is 28.0. The molecule has 292 valence electrons. The Morgan fingerprint density at radius 2 is 1.27 bits per heavy atom. The first kappa shape index (κ1) is 40.6. The quantitative estimate of drug-likeness (QED) is 0.0899. The van der Waals surface area contributed by atoms with Gasteiger partial charge in [-0.15, -0.1) is 0 Å². The molecule has 18 atom stereocenters. The van der Waals surface area contributed by atoms with E-state index in [1.807, 2.05) is 35.2 Å². The molecule has 0 spiro atoms. The van der Waals surface area contributed by atoms with Gasteiger partial charge in [-0.3, -0.25) is 4.90 Å². The Bertz CT molecular complexity index is 1190. The van der Waals surface area contributed by atoms with Crippen LogP contribution in [0.25, 0.3) is 0 Å². The minimum absolute atomic E-state index is 0.0703. The average molecular weight is 738 g/mol. The van der Waals surface area contributed by atoms with Gasteiger partial charge < -0.3 is 89.3 Å². The molecule has 4 fully saturated rings. The Hall–Kier alpha value is -1.54. The van der Waals surface area contributed by atoms with Crippen LogP contribution in [0, 0.1) is 0 Å². The fourth-order valence-electron chi connectivity index (χ4n) is 6.83. The summed E-state index contributed by atoms with van der Waals surface area (Å²) < 4.78 is 40.1. The molecule has 4 heterocycles. The van der Waals surface area contributed by atoms with E-state index in [1.165, 1.54) is 6.92 Å². The van der Waals surface area contributed by atoms with E-state index >= 15 is 0 Å². The molecule has 4 aliphatic heterocycles. The Labute approximate surface area is 293 Å². The maximum Gasteiger partial charge on any atom is 0.187 e. The van der Waals surface area contributed by atoms with Crippen molar-refractivity contribution in [1.29, 1.82) is 0 Å². The fraction of sp³-hybridized carbons (Fsp3) is 0.812. The van der Waals surface area contributed by atoms with Crippen LogP contribution in [0.3, 0.4) is 0 Å². The predicted molar refractivity (Wildman–Crippen MR) is 167 cm³/mol. The van der Waals surface area contributed by atoms with Gasteiger partial charge in [0.25, 0.3) is 0 Å². The lowest BCUT2D eigenvalue weighted by Crippen LogP contribution is -2.65. The van der Waals surface area contributed by atoms with Crippen LogP contribution in [0.15, 0.2) is 30.3 Å². The summed E-state index contributed by atoms with van der Waals surface area (Å²) in [6, 6.07) is 8.71. The summed E-state index contributed by atoms with van der Waals surface area (Å²) in [6.07, 6.45) is -24.5. The molecular formula is C32H51NO18. The maximum absolute atomic E-state index is 11.3. The van der Waals surface area contributed by atoms with E-state index in [0.29, 0.717) is 0 Å². The second-order valence-corrected chi connectivity index (χ2v) is 13.2. The highest BCUT2D eigenvalue weighted by atomic mass is 16.7. The van der Waals surface area contributed by atoms with Crippen molar-refractivity contribution in [3.63, 3.8) is 0 Å². The monoisotopic (exact) mass is 737 g/mol. The van der Waals surface area contributed by atoms with Gasteiger partial charge in [0.05, 0.1) is 57.8 Å². The largest absolute Gasteiger partial charge is 0.394 e. The molecule has 17 unspecified atom stereocenters. The molecule has 51 heavy (non-hydrogen) atoms. The summed E-state index contributed by atoms with van der Waals surface area (Å²) in [6.45, 7) is -0.772. The van der Waals surface area contributed by atoms with Crippen molar-refractivity contribution in [2.45, 2.75) is 117 Å². The minimum Gasteiger partial charge on any atom is -0.394 e. The number of rotatable bonds is 13. The summed E-state index contributed by atoms with van der Waals surface area (Å²) in [5.74, 6) is 0. The highest BCUT2D eigenvalue weighted by Gasteiger charge is 2.52. The van der Waals surface area contributed by atoms with Gasteiger partial charge >= 0.3 is 0 Å². The summed E-state index contributed by atoms with van der Waals surface area (Å²) in [5.41, 5.74) is 0.812. The van der Waals surface area contributed by atoms with Gasteiger partial charge in [0.2, 0.25) is 0 Å². The first-order chi connectivity index (χ1) is 24.4. The van der Waals surface area contributed by atoms with Crippen molar-refractivity contribution < 1.29 is 89.3 Å². The summed E-state index contributed by atoms with van der Waals surface area (Å²) in [4.78, 5) is 1.85. The standard InChI is InChI=1S/C32H51NO18/c1-14-22(38)29(51-32-27(43)26(42)23(39)18(11-36)49-32)25(41)20(46-14)13-45-31-28(44)30(24(40)19(12-37)48-31)50-21-8-33(7-16(9-34)47-21)17(10-35)15-5-3-2-4-6-15/h2-6,14,16-32,34-44H,7-13H2,1H3/t14?,16?,17-,18?,19?,20?,21?,22?,23?,24?,25?,26?,27?,28?,29?,30?,31?,32?/m0/s1. The Kier molecular flexibility index (Phi) is 14.5. The van der Waals surface area contributed by atoms with Gasteiger partial charge in [-0.2, -0.15) is 0 Å². The van der Waals surface area contributed by atoms with Gasteiger partial charge in [0.1, 0.15) is 73.2 Å². The van der Waals surface area contributed by atoms with E-state index in [2.05, 4.69) is 0 Å². The molecule has 0 aromatic heterocycles. The average Bonchev–Trinajstić information content (AvgIpc) is 3.14. The number of nitrogens with zero attached hydrogens (tertiary/aromatic N) is 1. The number of aliphatic hydroxyl groups is 11. The summed E-state index contributed by atoms with van der Waals surface area (Å²) in [5, 5.41) is 114. The summed E-state index contributed by atoms with van der Waals surface area (Å²) >= 11 is 0. The molecule has 0 amide bonds. The zero-order chi connectivity index (χ0) is 37.0. The van der Waals surface area contributed by atoms with Crippen molar-refractivity contribution >= 4 is 0 Å². The van der Waals surface area contributed by atoms with Crippen LogP contribution >= 0.6 is 0 Å². The van der Waals surface area contributed by atoms with Crippen molar-refractivity contribution in [3.8, 4) is 0 Å². The van der Waals surface area contributed by atoms with E-state index in [1.54, 1.807) is 0 Å².